The van der Waals surface area contributed by atoms with Crippen molar-refractivity contribution in [3.05, 3.63) is 16.6 Å². The predicted molar refractivity (Wildman–Crippen MR) is 82.4 cm³/mol. The lowest BCUT2D eigenvalue weighted by molar-refractivity contribution is -0.128. The zero-order chi connectivity index (χ0) is 15.1. The van der Waals surface area contributed by atoms with Crippen molar-refractivity contribution in [2.75, 3.05) is 6.54 Å². The summed E-state index contributed by atoms with van der Waals surface area (Å²) in [6.07, 6.45) is 6.70. The molecule has 3 fully saturated rings. The van der Waals surface area contributed by atoms with Crippen molar-refractivity contribution in [1.82, 2.24) is 20.5 Å². The number of urea groups is 1. The van der Waals surface area contributed by atoms with Crippen molar-refractivity contribution in [2.45, 2.75) is 50.2 Å². The molecule has 2 aliphatic carbocycles. The molecule has 1 aliphatic heterocycles. The van der Waals surface area contributed by atoms with Crippen LogP contribution in [0.25, 0.3) is 0 Å². The average Bonchev–Trinajstić information content (AvgIpc) is 3.40. The van der Waals surface area contributed by atoms with Crippen LogP contribution in [-0.2, 0) is 4.79 Å². The van der Waals surface area contributed by atoms with E-state index in [9.17, 15) is 9.59 Å². The number of amides is 3. The van der Waals surface area contributed by atoms with Gasteiger partial charge in [-0.3, -0.25) is 4.79 Å². The van der Waals surface area contributed by atoms with E-state index in [1.807, 2.05) is 10.3 Å². The summed E-state index contributed by atoms with van der Waals surface area (Å²) in [6.45, 7) is 0.655. The minimum Gasteiger partial charge on any atom is -0.338 e. The van der Waals surface area contributed by atoms with Crippen LogP contribution in [0.5, 0.6) is 0 Å². The Labute approximate surface area is 133 Å². The summed E-state index contributed by atoms with van der Waals surface area (Å²) in [5, 5.41) is 8.92. The van der Waals surface area contributed by atoms with Gasteiger partial charge in [0.2, 0.25) is 5.91 Å². The number of hydrogen-bond acceptors (Lipinski definition) is 4. The fourth-order valence-electron chi connectivity index (χ4n) is 3.13. The van der Waals surface area contributed by atoms with Gasteiger partial charge in [0.05, 0.1) is 12.1 Å². The molecule has 7 heteroatoms. The summed E-state index contributed by atoms with van der Waals surface area (Å²) in [4.78, 5) is 30.4. The Morgan fingerprint density at radius 1 is 1.36 bits per heavy atom. The first kappa shape index (κ1) is 14.0. The number of thiazole rings is 1. The zero-order valence-corrected chi connectivity index (χ0v) is 13.1. The third-order valence-corrected chi connectivity index (χ3v) is 5.44. The minimum atomic E-state index is -0.178. The third kappa shape index (κ3) is 2.95. The van der Waals surface area contributed by atoms with Crippen LogP contribution in [0.3, 0.4) is 0 Å². The van der Waals surface area contributed by atoms with Gasteiger partial charge in [-0.1, -0.05) is 0 Å². The van der Waals surface area contributed by atoms with Crippen LogP contribution < -0.4 is 10.6 Å². The first-order valence-electron chi connectivity index (χ1n) is 7.96. The van der Waals surface area contributed by atoms with Crippen LogP contribution >= 0.6 is 11.3 Å². The molecule has 2 N–H and O–H groups in total. The van der Waals surface area contributed by atoms with Gasteiger partial charge in [-0.25, -0.2) is 9.78 Å². The van der Waals surface area contributed by atoms with E-state index < -0.39 is 0 Å². The zero-order valence-electron chi connectivity index (χ0n) is 12.3. The van der Waals surface area contributed by atoms with E-state index in [4.69, 9.17) is 0 Å². The number of likely N-dealkylation sites (tertiary alicyclic amines) is 1. The van der Waals surface area contributed by atoms with Crippen LogP contribution in [0, 0.1) is 5.92 Å². The van der Waals surface area contributed by atoms with Crippen molar-refractivity contribution < 1.29 is 9.59 Å². The van der Waals surface area contributed by atoms with Gasteiger partial charge < -0.3 is 15.5 Å². The Morgan fingerprint density at radius 2 is 2.18 bits per heavy atom. The van der Waals surface area contributed by atoms with Crippen LogP contribution in [0.2, 0.25) is 0 Å². The molecule has 3 amide bonds. The first-order valence-corrected chi connectivity index (χ1v) is 8.84. The molecule has 1 aromatic rings. The number of carbonyl (C=O) groups excluding carboxylic acids is 2. The van der Waals surface area contributed by atoms with Gasteiger partial charge in [0.25, 0.3) is 0 Å². The molecule has 0 bridgehead atoms. The number of nitrogens with one attached hydrogen (secondary N) is 2. The number of aromatic nitrogens is 1. The van der Waals surface area contributed by atoms with Gasteiger partial charge in [0, 0.05) is 30.6 Å². The average molecular weight is 320 g/mol. The van der Waals surface area contributed by atoms with Gasteiger partial charge in [-0.15, -0.1) is 11.3 Å². The first-order chi connectivity index (χ1) is 10.7. The van der Waals surface area contributed by atoms with Crippen LogP contribution in [-0.4, -0.2) is 40.5 Å². The highest BCUT2D eigenvalue weighted by Gasteiger charge is 2.40. The molecule has 2 heterocycles. The van der Waals surface area contributed by atoms with Crippen molar-refractivity contribution in [3.63, 3.8) is 0 Å². The fraction of sp³-hybridized carbons (Fsp3) is 0.667. The van der Waals surface area contributed by atoms with Crippen LogP contribution in [0.4, 0.5) is 4.79 Å². The summed E-state index contributed by atoms with van der Waals surface area (Å²) < 4.78 is 0. The summed E-state index contributed by atoms with van der Waals surface area (Å²) in [5.41, 5.74) is 0. The number of hydrogen-bond donors (Lipinski definition) is 2. The Hall–Kier alpha value is -1.63. The summed E-state index contributed by atoms with van der Waals surface area (Å²) >= 11 is 1.58. The number of carbonyl (C=O) groups is 2. The molecule has 2 atom stereocenters. The molecular weight excluding hydrogens is 300 g/mol. The summed E-state index contributed by atoms with van der Waals surface area (Å²) in [7, 11) is 0. The summed E-state index contributed by atoms with van der Waals surface area (Å²) in [5.74, 6) is 0.677. The molecule has 6 nitrogen and oxygen atoms in total. The smallest absolute Gasteiger partial charge is 0.315 e. The van der Waals surface area contributed by atoms with E-state index in [1.54, 1.807) is 17.5 Å². The molecule has 2 saturated carbocycles. The topological polar surface area (TPSA) is 74.3 Å². The number of rotatable bonds is 5. The Bertz CT molecular complexity index is 568. The van der Waals surface area contributed by atoms with E-state index in [-0.39, 0.29) is 24.0 Å². The van der Waals surface area contributed by atoms with Gasteiger partial charge in [-0.2, -0.15) is 0 Å². The van der Waals surface area contributed by atoms with Crippen LogP contribution in [0.1, 0.15) is 43.2 Å². The molecule has 3 aliphatic rings. The largest absolute Gasteiger partial charge is 0.338 e. The quantitative estimate of drug-likeness (QED) is 0.866. The molecule has 0 spiro atoms. The highest BCUT2D eigenvalue weighted by atomic mass is 32.1. The van der Waals surface area contributed by atoms with E-state index in [0.717, 1.165) is 30.7 Å². The van der Waals surface area contributed by atoms with Gasteiger partial charge in [0.1, 0.15) is 5.01 Å². The summed E-state index contributed by atoms with van der Waals surface area (Å²) in [6, 6.07) is 0.195. The Kier molecular flexibility index (Phi) is 3.52. The molecule has 0 aromatic carbocycles. The van der Waals surface area contributed by atoms with Crippen LogP contribution in [0.15, 0.2) is 11.6 Å². The predicted octanol–water partition coefficient (Wildman–Crippen LogP) is 1.66. The highest BCUT2D eigenvalue weighted by Crippen LogP contribution is 2.41. The molecule has 22 heavy (non-hydrogen) atoms. The Morgan fingerprint density at radius 3 is 2.82 bits per heavy atom. The van der Waals surface area contributed by atoms with Crippen molar-refractivity contribution in [3.8, 4) is 0 Å². The van der Waals surface area contributed by atoms with Gasteiger partial charge >= 0.3 is 6.03 Å². The molecular formula is C15H20N4O2S. The van der Waals surface area contributed by atoms with Crippen molar-refractivity contribution >= 4 is 23.3 Å². The van der Waals surface area contributed by atoms with Gasteiger partial charge in [0.15, 0.2) is 0 Å². The fourth-order valence-corrected chi connectivity index (χ4v) is 3.92. The van der Waals surface area contributed by atoms with Crippen molar-refractivity contribution in [2.24, 2.45) is 5.92 Å². The van der Waals surface area contributed by atoms with Crippen molar-refractivity contribution in [1.29, 1.82) is 0 Å². The lowest BCUT2D eigenvalue weighted by atomic mass is 10.2. The monoisotopic (exact) mass is 320 g/mol. The second-order valence-corrected chi connectivity index (χ2v) is 7.41. The van der Waals surface area contributed by atoms with Gasteiger partial charge in [-0.05, 0) is 31.6 Å². The molecule has 0 unspecified atom stereocenters. The maximum absolute atomic E-state index is 12.3. The maximum atomic E-state index is 12.3. The molecule has 1 saturated heterocycles. The molecule has 4 rings (SSSR count). The molecule has 1 aromatic heterocycles. The standard InChI is InChI=1S/C15H20N4O2S/c20-12-7-10(8-19(12)11-3-4-11)17-15(21)18-13(9-1-2-9)14-16-5-6-22-14/h5-6,9-11,13H,1-4,7-8H2,(H2,17,18,21)/t10-,13-/m0/s1. The Balaban J connectivity index is 1.33. The number of nitrogens with zero attached hydrogens (tertiary/aromatic N) is 2. The van der Waals surface area contributed by atoms with E-state index >= 15 is 0 Å². The lowest BCUT2D eigenvalue weighted by Gasteiger charge is -2.19. The molecule has 118 valence electrons. The normalized spacial score (nSPS) is 26.1. The van der Waals surface area contributed by atoms with E-state index in [0.29, 0.717) is 24.9 Å². The SMILES string of the molecule is O=C(N[C@H]1CC(=O)N(C2CC2)C1)N[C@H](c1nccs1)C1CC1. The lowest BCUT2D eigenvalue weighted by Crippen LogP contribution is -2.45. The maximum Gasteiger partial charge on any atom is 0.315 e. The van der Waals surface area contributed by atoms with E-state index in [2.05, 4.69) is 15.6 Å². The van der Waals surface area contributed by atoms with E-state index in [1.165, 1.54) is 0 Å². The third-order valence-electron chi connectivity index (χ3n) is 4.58. The highest BCUT2D eigenvalue weighted by molar-refractivity contribution is 7.09. The second-order valence-electron chi connectivity index (χ2n) is 6.48. The molecule has 0 radical (unpaired) electrons. The minimum absolute atomic E-state index is 0.0108. The second kappa shape index (κ2) is 5.53.